The number of nitrogens with one attached hydrogen (secondary N) is 1. The zero-order chi connectivity index (χ0) is 11.5. The number of carbonyl (C=O) groups excluding carboxylic acids is 1. The third-order valence-electron chi connectivity index (χ3n) is 2.70. The number of carbonyl (C=O) groups is 1. The first-order valence-electron chi connectivity index (χ1n) is 5.36. The summed E-state index contributed by atoms with van der Waals surface area (Å²) in [6.07, 6.45) is 0. The first kappa shape index (κ1) is 11.4. The Labute approximate surface area is 99.2 Å². The molecular formula is C11H16N2O2S. The fourth-order valence-electron chi connectivity index (χ4n) is 1.87. The van der Waals surface area contributed by atoms with E-state index in [0.717, 1.165) is 19.6 Å². The molecule has 1 saturated heterocycles. The van der Waals surface area contributed by atoms with Crippen LogP contribution in [0.15, 0.2) is 11.4 Å². The van der Waals surface area contributed by atoms with Crippen LogP contribution >= 0.6 is 11.3 Å². The lowest BCUT2D eigenvalue weighted by Crippen LogP contribution is -2.51. The molecule has 1 amide bonds. The van der Waals surface area contributed by atoms with Gasteiger partial charge in [0.05, 0.1) is 7.11 Å². The molecule has 1 aliphatic heterocycles. The second kappa shape index (κ2) is 4.84. The van der Waals surface area contributed by atoms with Crippen molar-refractivity contribution in [3.8, 4) is 5.75 Å². The van der Waals surface area contributed by atoms with Crippen molar-refractivity contribution in [3.05, 3.63) is 16.3 Å². The van der Waals surface area contributed by atoms with E-state index >= 15 is 0 Å². The number of ether oxygens (including phenoxy) is 1. The van der Waals surface area contributed by atoms with Crippen molar-refractivity contribution in [1.82, 2.24) is 10.2 Å². The molecule has 0 saturated carbocycles. The lowest BCUT2D eigenvalue weighted by Gasteiger charge is -2.31. The SMILES string of the molecule is COc1ccsc1C(=O)N1CCNC(C)C1. The minimum absolute atomic E-state index is 0.0835. The highest BCUT2D eigenvalue weighted by atomic mass is 32.1. The summed E-state index contributed by atoms with van der Waals surface area (Å²) in [5, 5.41) is 5.21. The van der Waals surface area contributed by atoms with E-state index in [2.05, 4.69) is 12.2 Å². The summed E-state index contributed by atoms with van der Waals surface area (Å²) in [5.41, 5.74) is 0. The van der Waals surface area contributed by atoms with Gasteiger partial charge in [-0.15, -0.1) is 11.3 Å². The number of amides is 1. The van der Waals surface area contributed by atoms with E-state index in [1.807, 2.05) is 16.3 Å². The summed E-state index contributed by atoms with van der Waals surface area (Å²) in [6.45, 7) is 4.48. The lowest BCUT2D eigenvalue weighted by atomic mass is 10.2. The molecule has 16 heavy (non-hydrogen) atoms. The summed E-state index contributed by atoms with van der Waals surface area (Å²) in [6, 6.07) is 2.20. The van der Waals surface area contributed by atoms with Crippen LogP contribution < -0.4 is 10.1 Å². The predicted octanol–water partition coefficient (Wildman–Crippen LogP) is 1.19. The van der Waals surface area contributed by atoms with Crippen LogP contribution in [-0.2, 0) is 0 Å². The number of thiophene rings is 1. The molecule has 0 radical (unpaired) electrons. The number of nitrogens with zero attached hydrogens (tertiary/aromatic N) is 1. The van der Waals surface area contributed by atoms with Crippen molar-refractivity contribution in [2.24, 2.45) is 0 Å². The minimum Gasteiger partial charge on any atom is -0.495 e. The van der Waals surface area contributed by atoms with Crippen molar-refractivity contribution in [3.63, 3.8) is 0 Å². The van der Waals surface area contributed by atoms with Crippen molar-refractivity contribution < 1.29 is 9.53 Å². The van der Waals surface area contributed by atoms with E-state index in [-0.39, 0.29) is 5.91 Å². The summed E-state index contributed by atoms with van der Waals surface area (Å²) in [4.78, 5) is 14.8. The van der Waals surface area contributed by atoms with E-state index in [0.29, 0.717) is 16.7 Å². The molecule has 4 nitrogen and oxygen atoms in total. The first-order chi connectivity index (χ1) is 7.72. The standard InChI is InChI=1S/C11H16N2O2S/c1-8-7-13(5-4-12-8)11(14)10-9(15-2)3-6-16-10/h3,6,8,12H,4-5,7H2,1-2H3. The minimum atomic E-state index is 0.0835. The highest BCUT2D eigenvalue weighted by molar-refractivity contribution is 7.12. The quantitative estimate of drug-likeness (QED) is 0.844. The van der Waals surface area contributed by atoms with Crippen molar-refractivity contribution in [1.29, 1.82) is 0 Å². The molecule has 1 aromatic rings. The van der Waals surface area contributed by atoms with E-state index in [9.17, 15) is 4.79 Å². The maximum absolute atomic E-state index is 12.2. The molecule has 1 unspecified atom stereocenters. The Kier molecular flexibility index (Phi) is 3.46. The lowest BCUT2D eigenvalue weighted by molar-refractivity contribution is 0.0711. The van der Waals surface area contributed by atoms with Gasteiger partial charge in [0.15, 0.2) is 0 Å². The monoisotopic (exact) mass is 240 g/mol. The Morgan fingerprint density at radius 2 is 2.50 bits per heavy atom. The fourth-order valence-corrected chi connectivity index (χ4v) is 2.70. The number of piperazine rings is 1. The summed E-state index contributed by atoms with van der Waals surface area (Å²) in [7, 11) is 1.60. The van der Waals surface area contributed by atoms with Crippen LogP contribution in [0.5, 0.6) is 5.75 Å². The Balaban J connectivity index is 2.12. The number of methoxy groups -OCH3 is 1. The highest BCUT2D eigenvalue weighted by Crippen LogP contribution is 2.26. The molecule has 88 valence electrons. The van der Waals surface area contributed by atoms with Gasteiger partial charge in [-0.3, -0.25) is 4.79 Å². The van der Waals surface area contributed by atoms with Gasteiger partial charge >= 0.3 is 0 Å². The molecule has 1 aromatic heterocycles. The van der Waals surface area contributed by atoms with Crippen molar-refractivity contribution >= 4 is 17.2 Å². The number of hydrogen-bond donors (Lipinski definition) is 1. The van der Waals surface area contributed by atoms with Crippen LogP contribution in [0.25, 0.3) is 0 Å². The Hall–Kier alpha value is -1.07. The molecule has 1 N–H and O–H groups in total. The van der Waals surface area contributed by atoms with Crippen LogP contribution in [0, 0.1) is 0 Å². The molecule has 2 heterocycles. The van der Waals surface area contributed by atoms with Gasteiger partial charge in [0.2, 0.25) is 0 Å². The summed E-state index contributed by atoms with van der Waals surface area (Å²) < 4.78 is 5.17. The number of hydrogen-bond acceptors (Lipinski definition) is 4. The van der Waals surface area contributed by atoms with Gasteiger partial charge in [0, 0.05) is 25.7 Å². The molecule has 0 aromatic carbocycles. The normalized spacial score (nSPS) is 20.9. The molecule has 0 aliphatic carbocycles. The number of rotatable bonds is 2. The predicted molar refractivity (Wildman–Crippen MR) is 64.2 cm³/mol. The van der Waals surface area contributed by atoms with Gasteiger partial charge in [-0.1, -0.05) is 0 Å². The average molecular weight is 240 g/mol. The zero-order valence-corrected chi connectivity index (χ0v) is 10.3. The third-order valence-corrected chi connectivity index (χ3v) is 3.58. The molecule has 1 fully saturated rings. The maximum atomic E-state index is 12.2. The van der Waals surface area contributed by atoms with Gasteiger partial charge in [-0.05, 0) is 18.4 Å². The van der Waals surface area contributed by atoms with Crippen LogP contribution in [0.1, 0.15) is 16.6 Å². The average Bonchev–Trinajstić information content (AvgIpc) is 2.76. The first-order valence-corrected chi connectivity index (χ1v) is 6.24. The Morgan fingerprint density at radius 1 is 1.69 bits per heavy atom. The summed E-state index contributed by atoms with van der Waals surface area (Å²) in [5.74, 6) is 0.765. The molecule has 5 heteroatoms. The van der Waals surface area contributed by atoms with Crippen LogP contribution in [0.3, 0.4) is 0 Å². The van der Waals surface area contributed by atoms with E-state index < -0.39 is 0 Å². The van der Waals surface area contributed by atoms with E-state index in [4.69, 9.17) is 4.74 Å². The molecule has 2 rings (SSSR count). The molecule has 0 bridgehead atoms. The smallest absolute Gasteiger partial charge is 0.267 e. The zero-order valence-electron chi connectivity index (χ0n) is 9.53. The summed E-state index contributed by atoms with van der Waals surface area (Å²) >= 11 is 1.44. The van der Waals surface area contributed by atoms with Gasteiger partial charge in [-0.25, -0.2) is 0 Å². The maximum Gasteiger partial charge on any atom is 0.267 e. The largest absolute Gasteiger partial charge is 0.495 e. The molecular weight excluding hydrogens is 224 g/mol. The topological polar surface area (TPSA) is 41.6 Å². The van der Waals surface area contributed by atoms with Crippen molar-refractivity contribution in [2.75, 3.05) is 26.7 Å². The van der Waals surface area contributed by atoms with Gasteiger partial charge < -0.3 is 15.0 Å². The second-order valence-corrected chi connectivity index (χ2v) is 4.84. The van der Waals surface area contributed by atoms with E-state index in [1.54, 1.807) is 7.11 Å². The van der Waals surface area contributed by atoms with Gasteiger partial charge in [0.25, 0.3) is 5.91 Å². The highest BCUT2D eigenvalue weighted by Gasteiger charge is 2.24. The molecule has 0 spiro atoms. The molecule has 1 atom stereocenters. The van der Waals surface area contributed by atoms with Crippen LogP contribution in [0.4, 0.5) is 0 Å². The third kappa shape index (κ3) is 2.20. The van der Waals surface area contributed by atoms with Gasteiger partial charge in [0.1, 0.15) is 10.6 Å². The molecule has 1 aliphatic rings. The second-order valence-electron chi connectivity index (χ2n) is 3.92. The van der Waals surface area contributed by atoms with Gasteiger partial charge in [-0.2, -0.15) is 0 Å². The van der Waals surface area contributed by atoms with Crippen LogP contribution in [0.2, 0.25) is 0 Å². The Bertz CT molecular complexity index is 378. The fraction of sp³-hybridized carbons (Fsp3) is 0.545. The Morgan fingerprint density at radius 3 is 3.19 bits per heavy atom. The van der Waals surface area contributed by atoms with Crippen LogP contribution in [-0.4, -0.2) is 43.6 Å². The van der Waals surface area contributed by atoms with E-state index in [1.165, 1.54) is 11.3 Å². The van der Waals surface area contributed by atoms with Crippen molar-refractivity contribution in [2.45, 2.75) is 13.0 Å².